The first-order valence-electron chi connectivity index (χ1n) is 9.75. The van der Waals surface area contributed by atoms with Crippen molar-refractivity contribution in [1.82, 2.24) is 0 Å². The summed E-state index contributed by atoms with van der Waals surface area (Å²) in [6, 6.07) is 22.9. The van der Waals surface area contributed by atoms with Gasteiger partial charge in [0.15, 0.2) is 0 Å². The van der Waals surface area contributed by atoms with Crippen molar-refractivity contribution in [3.8, 4) is 11.5 Å². The molecule has 0 bridgehead atoms. The highest BCUT2D eigenvalue weighted by Gasteiger charge is 2.24. The van der Waals surface area contributed by atoms with E-state index in [0.717, 1.165) is 21.9 Å². The van der Waals surface area contributed by atoms with Gasteiger partial charge in [0.2, 0.25) is 11.8 Å². The molecule has 1 aliphatic rings. The van der Waals surface area contributed by atoms with E-state index in [0.29, 0.717) is 23.7 Å². The molecule has 3 aromatic carbocycles. The van der Waals surface area contributed by atoms with E-state index < -0.39 is 0 Å². The summed E-state index contributed by atoms with van der Waals surface area (Å²) in [4.78, 5) is 27.5. The van der Waals surface area contributed by atoms with Crippen molar-refractivity contribution >= 4 is 35.0 Å². The Balaban J connectivity index is 1.33. The van der Waals surface area contributed by atoms with E-state index in [4.69, 9.17) is 4.74 Å². The fourth-order valence-electron chi connectivity index (χ4n) is 3.26. The average molecular weight is 419 g/mol. The number of thioether (sulfide) groups is 1. The smallest absolute Gasteiger partial charge is 0.237 e. The number of hydrogen-bond acceptors (Lipinski definition) is 4. The summed E-state index contributed by atoms with van der Waals surface area (Å²) in [5.41, 5.74) is 2.70. The molecule has 0 radical (unpaired) electrons. The van der Waals surface area contributed by atoms with Crippen molar-refractivity contribution in [2.45, 2.75) is 18.2 Å². The number of nitrogens with zero attached hydrogens (tertiary/aromatic N) is 1. The van der Waals surface area contributed by atoms with E-state index in [1.165, 1.54) is 11.8 Å². The number of para-hydroxylation sites is 1. The minimum atomic E-state index is -0.133. The molecule has 0 saturated carbocycles. The van der Waals surface area contributed by atoms with Gasteiger partial charge >= 0.3 is 0 Å². The summed E-state index contributed by atoms with van der Waals surface area (Å²) >= 11 is 1.54. The second-order valence-electron chi connectivity index (χ2n) is 7.04. The Labute approximate surface area is 180 Å². The molecule has 0 aromatic heterocycles. The highest BCUT2D eigenvalue weighted by atomic mass is 32.2. The average Bonchev–Trinajstić information content (AvgIpc) is 2.74. The van der Waals surface area contributed by atoms with Gasteiger partial charge in [-0.2, -0.15) is 0 Å². The topological polar surface area (TPSA) is 58.6 Å². The van der Waals surface area contributed by atoms with Crippen molar-refractivity contribution in [2.24, 2.45) is 0 Å². The van der Waals surface area contributed by atoms with Gasteiger partial charge in [-0.15, -0.1) is 11.8 Å². The number of carbonyl (C=O) groups is 2. The molecule has 0 unspecified atom stereocenters. The second kappa shape index (κ2) is 9.05. The molecular weight excluding hydrogens is 396 g/mol. The number of carbonyl (C=O) groups excluding carboxylic acids is 2. The van der Waals surface area contributed by atoms with Crippen LogP contribution in [0.5, 0.6) is 11.5 Å². The number of fused-ring (bicyclic) bond motifs is 1. The molecule has 0 aliphatic carbocycles. The van der Waals surface area contributed by atoms with Crippen LogP contribution in [0.2, 0.25) is 0 Å². The van der Waals surface area contributed by atoms with E-state index in [-0.39, 0.29) is 18.2 Å². The van der Waals surface area contributed by atoms with Crippen LogP contribution in [0.1, 0.15) is 12.0 Å². The quantitative estimate of drug-likeness (QED) is 0.594. The molecule has 0 atom stereocenters. The first-order valence-corrected chi connectivity index (χ1v) is 10.7. The van der Waals surface area contributed by atoms with Crippen LogP contribution in [0.3, 0.4) is 0 Å². The van der Waals surface area contributed by atoms with Crippen molar-refractivity contribution in [3.05, 3.63) is 78.4 Å². The van der Waals surface area contributed by atoms with Gasteiger partial charge < -0.3 is 15.0 Å². The zero-order valence-corrected chi connectivity index (χ0v) is 17.4. The van der Waals surface area contributed by atoms with Crippen LogP contribution in [-0.2, 0) is 9.59 Å². The molecule has 30 heavy (non-hydrogen) atoms. The Hall–Kier alpha value is -3.25. The normalized spacial score (nSPS) is 13.0. The van der Waals surface area contributed by atoms with Gasteiger partial charge in [-0.05, 0) is 61.0 Å². The largest absolute Gasteiger partial charge is 0.457 e. The molecule has 3 aromatic rings. The molecule has 4 rings (SSSR count). The third-order valence-electron chi connectivity index (χ3n) is 4.73. The summed E-state index contributed by atoms with van der Waals surface area (Å²) in [5, 5.41) is 2.88. The van der Waals surface area contributed by atoms with Gasteiger partial charge in [0, 0.05) is 23.5 Å². The minimum Gasteiger partial charge on any atom is -0.457 e. The molecule has 1 N–H and O–H groups in total. The predicted molar refractivity (Wildman–Crippen MR) is 120 cm³/mol. The van der Waals surface area contributed by atoms with Gasteiger partial charge in [-0.3, -0.25) is 9.59 Å². The van der Waals surface area contributed by atoms with Gasteiger partial charge in [-0.25, -0.2) is 0 Å². The molecule has 5 nitrogen and oxygen atoms in total. The van der Waals surface area contributed by atoms with Crippen molar-refractivity contribution in [3.63, 3.8) is 0 Å². The maximum atomic E-state index is 12.4. The SMILES string of the molecule is Cc1cccc(Oc2ccc(NC(=O)CCN3C(=O)CSc4ccccc43)cc2)c1. The van der Waals surface area contributed by atoms with E-state index in [1.54, 1.807) is 17.0 Å². The van der Waals surface area contributed by atoms with E-state index >= 15 is 0 Å². The van der Waals surface area contributed by atoms with Crippen LogP contribution in [0.4, 0.5) is 11.4 Å². The number of hydrogen-bond donors (Lipinski definition) is 1. The van der Waals surface area contributed by atoms with Crippen LogP contribution in [-0.4, -0.2) is 24.1 Å². The Bertz CT molecular complexity index is 1070. The number of amides is 2. The lowest BCUT2D eigenvalue weighted by molar-refractivity contribution is -0.117. The fraction of sp³-hybridized carbons (Fsp3) is 0.167. The van der Waals surface area contributed by atoms with Crippen LogP contribution in [0, 0.1) is 6.92 Å². The highest BCUT2D eigenvalue weighted by molar-refractivity contribution is 8.00. The van der Waals surface area contributed by atoms with Gasteiger partial charge in [0.1, 0.15) is 11.5 Å². The highest BCUT2D eigenvalue weighted by Crippen LogP contribution is 2.35. The first kappa shape index (κ1) is 20.0. The monoisotopic (exact) mass is 418 g/mol. The zero-order chi connectivity index (χ0) is 20.9. The molecular formula is C24H22N2O3S. The number of rotatable bonds is 6. The maximum absolute atomic E-state index is 12.4. The van der Waals surface area contributed by atoms with E-state index in [1.807, 2.05) is 67.6 Å². The van der Waals surface area contributed by atoms with Crippen molar-refractivity contribution in [2.75, 3.05) is 22.5 Å². The van der Waals surface area contributed by atoms with Gasteiger partial charge in [0.25, 0.3) is 0 Å². The summed E-state index contributed by atoms with van der Waals surface area (Å²) in [7, 11) is 0. The minimum absolute atomic E-state index is 0.0316. The number of anilines is 2. The van der Waals surface area contributed by atoms with Crippen LogP contribution in [0.25, 0.3) is 0 Å². The van der Waals surface area contributed by atoms with Crippen LogP contribution in [0.15, 0.2) is 77.7 Å². The first-order chi connectivity index (χ1) is 14.6. The van der Waals surface area contributed by atoms with E-state index in [9.17, 15) is 9.59 Å². The third kappa shape index (κ3) is 4.83. The van der Waals surface area contributed by atoms with Crippen molar-refractivity contribution < 1.29 is 14.3 Å². The molecule has 2 amide bonds. The Morgan fingerprint density at radius 2 is 1.83 bits per heavy atom. The van der Waals surface area contributed by atoms with Crippen LogP contribution >= 0.6 is 11.8 Å². The second-order valence-corrected chi connectivity index (χ2v) is 8.06. The van der Waals surface area contributed by atoms with E-state index in [2.05, 4.69) is 5.32 Å². The van der Waals surface area contributed by atoms with Crippen LogP contribution < -0.4 is 15.0 Å². The summed E-state index contributed by atoms with van der Waals surface area (Å²) in [6.45, 7) is 2.37. The maximum Gasteiger partial charge on any atom is 0.237 e. The third-order valence-corrected chi connectivity index (χ3v) is 5.78. The fourth-order valence-corrected chi connectivity index (χ4v) is 4.19. The summed E-state index contributed by atoms with van der Waals surface area (Å²) in [6.07, 6.45) is 0.228. The number of nitrogens with one attached hydrogen (secondary N) is 1. The number of benzene rings is 3. The summed E-state index contributed by atoms with van der Waals surface area (Å²) < 4.78 is 5.83. The molecule has 0 spiro atoms. The molecule has 1 heterocycles. The van der Waals surface area contributed by atoms with Crippen molar-refractivity contribution in [1.29, 1.82) is 0 Å². The van der Waals surface area contributed by atoms with Gasteiger partial charge in [0.05, 0.1) is 11.4 Å². The molecule has 0 fully saturated rings. The lowest BCUT2D eigenvalue weighted by Crippen LogP contribution is -2.37. The molecule has 152 valence electrons. The Kier molecular flexibility index (Phi) is 6.05. The summed E-state index contributed by atoms with van der Waals surface area (Å²) in [5.74, 6) is 1.78. The standard InChI is InChI=1S/C24H22N2O3S/c1-17-5-4-6-20(15-17)29-19-11-9-18(10-12-19)25-23(27)13-14-26-21-7-2-3-8-22(21)30-16-24(26)28/h2-12,15H,13-14,16H2,1H3,(H,25,27). The number of aryl methyl sites for hydroxylation is 1. The lowest BCUT2D eigenvalue weighted by Gasteiger charge is -2.28. The zero-order valence-electron chi connectivity index (χ0n) is 16.6. The Morgan fingerprint density at radius 1 is 1.03 bits per heavy atom. The molecule has 1 aliphatic heterocycles. The lowest BCUT2D eigenvalue weighted by atomic mass is 10.2. The molecule has 0 saturated heterocycles. The number of ether oxygens (including phenoxy) is 1. The molecule has 6 heteroatoms. The Morgan fingerprint density at radius 3 is 2.63 bits per heavy atom. The van der Waals surface area contributed by atoms with Gasteiger partial charge in [-0.1, -0.05) is 24.3 Å². The predicted octanol–water partition coefficient (Wildman–Crippen LogP) is 5.25.